The molecule has 1 amide bonds. The summed E-state index contributed by atoms with van der Waals surface area (Å²) < 4.78 is 1.75. The summed E-state index contributed by atoms with van der Waals surface area (Å²) in [6.07, 6.45) is 3.46. The maximum absolute atomic E-state index is 11.3. The number of amides is 1. The number of aromatic nitrogens is 2. The molecule has 1 fully saturated rings. The normalized spacial score (nSPS) is 18.7. The fourth-order valence-corrected chi connectivity index (χ4v) is 1.93. The molecule has 5 nitrogen and oxygen atoms in total. The predicted octanol–water partition coefficient (Wildman–Crippen LogP) is 0.867. The molecule has 1 aliphatic heterocycles. The van der Waals surface area contributed by atoms with E-state index in [1.807, 2.05) is 14.0 Å². The Hall–Kier alpha value is -1.56. The van der Waals surface area contributed by atoms with Crippen LogP contribution in [0, 0.1) is 12.3 Å². The van der Waals surface area contributed by atoms with E-state index in [0.29, 0.717) is 4.91 Å². The van der Waals surface area contributed by atoms with Crippen molar-refractivity contribution in [3.05, 3.63) is 22.4 Å². The number of hydrogen-bond acceptors (Lipinski definition) is 4. The first-order valence-electron chi connectivity index (χ1n) is 4.36. The van der Waals surface area contributed by atoms with E-state index in [9.17, 15) is 4.79 Å². The van der Waals surface area contributed by atoms with E-state index in [2.05, 4.69) is 10.4 Å². The molecule has 2 N–H and O–H groups in total. The number of carbonyl (C=O) groups excluding carboxylic acids is 1. The fourth-order valence-electron chi connectivity index (χ4n) is 1.24. The summed E-state index contributed by atoms with van der Waals surface area (Å²) in [5.41, 5.74) is 1.90. The molecular formula is C9H10N4OS. The molecule has 78 valence electrons. The molecule has 0 aliphatic carbocycles. The van der Waals surface area contributed by atoms with E-state index < -0.39 is 0 Å². The highest BCUT2D eigenvalue weighted by Gasteiger charge is 2.22. The van der Waals surface area contributed by atoms with Crippen LogP contribution in [0.3, 0.4) is 0 Å². The highest BCUT2D eigenvalue weighted by atomic mass is 32.2. The lowest BCUT2D eigenvalue weighted by Crippen LogP contribution is -2.18. The second-order valence-corrected chi connectivity index (χ2v) is 4.26. The third-order valence-corrected chi connectivity index (χ3v) is 3.05. The topological polar surface area (TPSA) is 70.8 Å². The Balaban J connectivity index is 2.35. The number of aryl methyl sites for hydroxylation is 1. The van der Waals surface area contributed by atoms with Crippen molar-refractivity contribution >= 4 is 28.9 Å². The summed E-state index contributed by atoms with van der Waals surface area (Å²) in [7, 11) is 1.85. The number of nitrogens with one attached hydrogen (secondary N) is 2. The lowest BCUT2D eigenvalue weighted by Gasteiger charge is -1.94. The minimum atomic E-state index is -0.215. The molecular weight excluding hydrogens is 212 g/mol. The van der Waals surface area contributed by atoms with Gasteiger partial charge < -0.3 is 5.32 Å². The van der Waals surface area contributed by atoms with Gasteiger partial charge in [0.05, 0.1) is 11.1 Å². The van der Waals surface area contributed by atoms with Crippen LogP contribution in [-0.4, -0.2) is 20.9 Å². The molecule has 1 aliphatic rings. The number of nitrogens with zero attached hydrogens (tertiary/aromatic N) is 2. The van der Waals surface area contributed by atoms with Crippen molar-refractivity contribution in [3.8, 4) is 0 Å². The summed E-state index contributed by atoms with van der Waals surface area (Å²) in [6.45, 7) is 1.93. The summed E-state index contributed by atoms with van der Waals surface area (Å²) in [5.74, 6) is -0.215. The molecule has 2 heterocycles. The van der Waals surface area contributed by atoms with Crippen LogP contribution in [0.25, 0.3) is 6.08 Å². The average Bonchev–Trinajstić information content (AvgIpc) is 2.64. The van der Waals surface area contributed by atoms with Crippen molar-refractivity contribution in [1.82, 2.24) is 15.1 Å². The Morgan fingerprint density at radius 1 is 1.67 bits per heavy atom. The minimum absolute atomic E-state index is 0.174. The number of thioether (sulfide) groups is 1. The molecule has 1 saturated heterocycles. The fraction of sp³-hybridized carbons (Fsp3) is 0.222. The van der Waals surface area contributed by atoms with Crippen molar-refractivity contribution < 1.29 is 4.79 Å². The molecule has 15 heavy (non-hydrogen) atoms. The van der Waals surface area contributed by atoms with Gasteiger partial charge >= 0.3 is 0 Å². The number of amidine groups is 1. The van der Waals surface area contributed by atoms with Crippen LogP contribution < -0.4 is 5.32 Å². The van der Waals surface area contributed by atoms with Crippen molar-refractivity contribution in [2.45, 2.75) is 6.92 Å². The van der Waals surface area contributed by atoms with Gasteiger partial charge in [0.15, 0.2) is 5.17 Å². The number of hydrogen-bond donors (Lipinski definition) is 2. The van der Waals surface area contributed by atoms with Gasteiger partial charge in [0.25, 0.3) is 5.91 Å². The van der Waals surface area contributed by atoms with Gasteiger partial charge in [-0.15, -0.1) is 0 Å². The Morgan fingerprint density at radius 3 is 2.87 bits per heavy atom. The standard InChI is InChI=1S/C9H10N4OS/c1-5-6(4-11-13(5)2)3-7-8(14)12-9(10)15-7/h3-4H,1-2H3,(H2,10,12,14). The van der Waals surface area contributed by atoms with E-state index in [-0.39, 0.29) is 11.1 Å². The molecule has 0 saturated carbocycles. The van der Waals surface area contributed by atoms with Crippen molar-refractivity contribution in [3.63, 3.8) is 0 Å². The van der Waals surface area contributed by atoms with Gasteiger partial charge in [-0.05, 0) is 24.8 Å². The SMILES string of the molecule is Cc1c(C=C2SC(=N)NC2=O)cnn1C. The molecule has 0 aromatic carbocycles. The third kappa shape index (κ3) is 1.80. The Labute approximate surface area is 91.1 Å². The zero-order valence-corrected chi connectivity index (χ0v) is 9.18. The van der Waals surface area contributed by atoms with Crippen molar-refractivity contribution in [2.75, 3.05) is 0 Å². The molecule has 0 bridgehead atoms. The van der Waals surface area contributed by atoms with Crippen LogP contribution in [0.4, 0.5) is 0 Å². The Bertz CT molecular complexity index is 474. The van der Waals surface area contributed by atoms with Crippen molar-refractivity contribution in [2.24, 2.45) is 7.05 Å². The lowest BCUT2D eigenvalue weighted by molar-refractivity contribution is -0.115. The van der Waals surface area contributed by atoms with Crippen LogP contribution in [0.2, 0.25) is 0 Å². The summed E-state index contributed by atoms with van der Waals surface area (Å²) >= 11 is 1.13. The van der Waals surface area contributed by atoms with E-state index in [4.69, 9.17) is 5.41 Å². The van der Waals surface area contributed by atoms with Crippen LogP contribution in [0.15, 0.2) is 11.1 Å². The summed E-state index contributed by atoms with van der Waals surface area (Å²) in [5, 5.41) is 14.0. The highest BCUT2D eigenvalue weighted by molar-refractivity contribution is 8.18. The number of rotatable bonds is 1. The first-order valence-corrected chi connectivity index (χ1v) is 5.17. The molecule has 6 heteroatoms. The molecule has 0 unspecified atom stereocenters. The van der Waals surface area contributed by atoms with Gasteiger partial charge in [-0.25, -0.2) is 0 Å². The van der Waals surface area contributed by atoms with Gasteiger partial charge in [-0.2, -0.15) is 5.10 Å². The van der Waals surface area contributed by atoms with Gasteiger partial charge in [-0.3, -0.25) is 14.9 Å². The van der Waals surface area contributed by atoms with Crippen molar-refractivity contribution in [1.29, 1.82) is 5.41 Å². The zero-order chi connectivity index (χ0) is 11.0. The zero-order valence-electron chi connectivity index (χ0n) is 8.37. The summed E-state index contributed by atoms with van der Waals surface area (Å²) in [6, 6.07) is 0. The van der Waals surface area contributed by atoms with E-state index in [1.165, 1.54) is 0 Å². The number of carbonyl (C=O) groups is 1. The quantitative estimate of drug-likeness (QED) is 0.692. The maximum Gasteiger partial charge on any atom is 0.264 e. The van der Waals surface area contributed by atoms with Crippen LogP contribution in [0.1, 0.15) is 11.3 Å². The minimum Gasteiger partial charge on any atom is -0.301 e. The molecule has 0 radical (unpaired) electrons. The second kappa shape index (κ2) is 3.54. The Kier molecular flexibility index (Phi) is 2.36. The van der Waals surface area contributed by atoms with Crippen LogP contribution in [-0.2, 0) is 11.8 Å². The summed E-state index contributed by atoms with van der Waals surface area (Å²) in [4.78, 5) is 11.9. The average molecular weight is 222 g/mol. The molecule has 2 rings (SSSR count). The molecule has 0 spiro atoms. The van der Waals surface area contributed by atoms with Crippen LogP contribution in [0.5, 0.6) is 0 Å². The lowest BCUT2D eigenvalue weighted by atomic mass is 10.2. The monoisotopic (exact) mass is 222 g/mol. The largest absolute Gasteiger partial charge is 0.301 e. The van der Waals surface area contributed by atoms with Gasteiger partial charge in [0, 0.05) is 18.3 Å². The highest BCUT2D eigenvalue weighted by Crippen LogP contribution is 2.25. The van der Waals surface area contributed by atoms with E-state index in [1.54, 1.807) is 17.0 Å². The van der Waals surface area contributed by atoms with E-state index >= 15 is 0 Å². The maximum atomic E-state index is 11.3. The Morgan fingerprint density at radius 2 is 2.40 bits per heavy atom. The van der Waals surface area contributed by atoms with Gasteiger partial charge in [-0.1, -0.05) is 0 Å². The molecule has 0 atom stereocenters. The van der Waals surface area contributed by atoms with Crippen LogP contribution >= 0.6 is 11.8 Å². The first kappa shape index (κ1) is 9.97. The predicted molar refractivity (Wildman–Crippen MR) is 59.4 cm³/mol. The molecule has 1 aromatic rings. The van der Waals surface area contributed by atoms with E-state index in [0.717, 1.165) is 23.0 Å². The second-order valence-electron chi connectivity index (χ2n) is 3.20. The third-order valence-electron chi connectivity index (χ3n) is 2.22. The van der Waals surface area contributed by atoms with Gasteiger partial charge in [0.2, 0.25) is 0 Å². The van der Waals surface area contributed by atoms with Gasteiger partial charge in [0.1, 0.15) is 0 Å². The first-order chi connectivity index (χ1) is 7.08. The smallest absolute Gasteiger partial charge is 0.264 e. The molecule has 1 aromatic heterocycles.